The highest BCUT2D eigenvalue weighted by Gasteiger charge is 2.40. The lowest BCUT2D eigenvalue weighted by molar-refractivity contribution is -0.144. The lowest BCUT2D eigenvalue weighted by atomic mass is 9.81. The van der Waals surface area contributed by atoms with Crippen LogP contribution in [0, 0.1) is 11.8 Å². The topological polar surface area (TPSA) is 136 Å². The molecule has 1 saturated carbocycles. The monoisotopic (exact) mass is 415 g/mol. The molecule has 2 fully saturated rings. The standard InChI is InChI=1S/C21H25N3O6/c25-17-9-8-16(19(27)23-17)24-10-14-13(20(24)28)2-1-3-15(14)22-18(26)11-4-6-12(7-5-11)21(29)30/h1-3,11-12,16,20,28H,4-10H2,(H,22,26)(H,29,30)(H,23,25,27). The maximum absolute atomic E-state index is 12.8. The Kier molecular flexibility index (Phi) is 5.57. The van der Waals surface area contributed by atoms with Crippen molar-refractivity contribution in [1.82, 2.24) is 10.2 Å². The fourth-order valence-electron chi connectivity index (χ4n) is 4.70. The number of piperidine rings is 1. The van der Waals surface area contributed by atoms with E-state index < -0.39 is 24.1 Å². The minimum absolute atomic E-state index is 0.152. The zero-order chi connectivity index (χ0) is 21.4. The number of amides is 3. The molecule has 0 bridgehead atoms. The highest BCUT2D eigenvalue weighted by molar-refractivity contribution is 6.00. The number of hydrogen-bond acceptors (Lipinski definition) is 6. The van der Waals surface area contributed by atoms with Gasteiger partial charge in [0, 0.05) is 30.1 Å². The summed E-state index contributed by atoms with van der Waals surface area (Å²) in [7, 11) is 0. The normalized spacial score (nSPS) is 29.2. The largest absolute Gasteiger partial charge is 0.481 e. The lowest BCUT2D eigenvalue weighted by Gasteiger charge is -2.31. The molecule has 3 aliphatic rings. The molecule has 0 spiro atoms. The SMILES string of the molecule is O=C1CCC(N2Cc3c(NC(=O)C4CCC(C(=O)O)CC4)cccc3C2O)C(=O)N1. The highest BCUT2D eigenvalue weighted by Crippen LogP contribution is 2.39. The van der Waals surface area contributed by atoms with E-state index in [-0.39, 0.29) is 36.6 Å². The number of nitrogens with one attached hydrogen (secondary N) is 2. The second-order valence-corrected chi connectivity index (χ2v) is 8.26. The molecule has 4 rings (SSSR count). The number of fused-ring (bicyclic) bond motifs is 1. The molecule has 30 heavy (non-hydrogen) atoms. The molecule has 1 aliphatic carbocycles. The second kappa shape index (κ2) is 8.16. The Balaban J connectivity index is 1.46. The van der Waals surface area contributed by atoms with Gasteiger partial charge in [-0.15, -0.1) is 0 Å². The summed E-state index contributed by atoms with van der Waals surface area (Å²) in [5.41, 5.74) is 1.97. The van der Waals surface area contributed by atoms with Crippen molar-refractivity contribution in [2.24, 2.45) is 11.8 Å². The van der Waals surface area contributed by atoms with Crippen LogP contribution in [-0.4, -0.2) is 44.8 Å². The van der Waals surface area contributed by atoms with Crippen LogP contribution in [0.25, 0.3) is 0 Å². The number of aliphatic hydroxyl groups is 1. The van der Waals surface area contributed by atoms with Gasteiger partial charge in [-0.2, -0.15) is 0 Å². The first kappa shape index (κ1) is 20.5. The molecule has 2 aliphatic heterocycles. The van der Waals surface area contributed by atoms with Crippen LogP contribution >= 0.6 is 0 Å². The number of hydrogen-bond donors (Lipinski definition) is 4. The summed E-state index contributed by atoms with van der Waals surface area (Å²) >= 11 is 0. The molecule has 0 aromatic heterocycles. The number of rotatable bonds is 4. The third kappa shape index (κ3) is 3.82. The van der Waals surface area contributed by atoms with Gasteiger partial charge in [-0.25, -0.2) is 0 Å². The predicted molar refractivity (Wildman–Crippen MR) is 105 cm³/mol. The van der Waals surface area contributed by atoms with E-state index in [1.54, 1.807) is 23.1 Å². The summed E-state index contributed by atoms with van der Waals surface area (Å²) in [5, 5.41) is 25.1. The minimum atomic E-state index is -0.994. The number of imide groups is 1. The van der Waals surface area contributed by atoms with Crippen LogP contribution in [0.1, 0.15) is 55.9 Å². The number of aliphatic carboxylic acids is 1. The van der Waals surface area contributed by atoms with Crippen LogP contribution in [0.15, 0.2) is 18.2 Å². The number of benzene rings is 1. The van der Waals surface area contributed by atoms with E-state index in [1.165, 1.54) is 0 Å². The lowest BCUT2D eigenvalue weighted by Crippen LogP contribution is -2.51. The Morgan fingerprint density at radius 2 is 1.77 bits per heavy atom. The first-order valence-corrected chi connectivity index (χ1v) is 10.3. The summed E-state index contributed by atoms with van der Waals surface area (Å²) in [6.07, 6.45) is 1.60. The molecule has 1 saturated heterocycles. The quantitative estimate of drug-likeness (QED) is 0.541. The maximum Gasteiger partial charge on any atom is 0.306 e. The van der Waals surface area contributed by atoms with Gasteiger partial charge >= 0.3 is 5.97 Å². The van der Waals surface area contributed by atoms with E-state index in [9.17, 15) is 24.3 Å². The van der Waals surface area contributed by atoms with Crippen LogP contribution in [0.3, 0.4) is 0 Å². The predicted octanol–water partition coefficient (Wildman–Crippen LogP) is 1.13. The van der Waals surface area contributed by atoms with Gasteiger partial charge in [0.05, 0.1) is 12.0 Å². The van der Waals surface area contributed by atoms with E-state index in [4.69, 9.17) is 5.11 Å². The van der Waals surface area contributed by atoms with Crippen molar-refractivity contribution < 1.29 is 29.4 Å². The first-order chi connectivity index (χ1) is 14.3. The van der Waals surface area contributed by atoms with Crippen molar-refractivity contribution in [2.75, 3.05) is 5.32 Å². The number of carbonyl (C=O) groups is 4. The summed E-state index contributed by atoms with van der Waals surface area (Å²) in [6.45, 7) is 0.283. The fraction of sp³-hybridized carbons (Fsp3) is 0.524. The van der Waals surface area contributed by atoms with Crippen LogP contribution in [0.5, 0.6) is 0 Å². The van der Waals surface area contributed by atoms with Gasteiger partial charge in [-0.05, 0) is 43.7 Å². The number of carbonyl (C=O) groups excluding carboxylic acids is 3. The zero-order valence-corrected chi connectivity index (χ0v) is 16.5. The summed E-state index contributed by atoms with van der Waals surface area (Å²) < 4.78 is 0. The Bertz CT molecular complexity index is 893. The van der Waals surface area contributed by atoms with Gasteiger partial charge in [-0.1, -0.05) is 12.1 Å². The molecule has 9 heteroatoms. The molecule has 160 valence electrons. The fourth-order valence-corrected chi connectivity index (χ4v) is 4.70. The van der Waals surface area contributed by atoms with Crippen molar-refractivity contribution in [2.45, 2.75) is 57.3 Å². The van der Waals surface area contributed by atoms with Gasteiger partial charge in [0.15, 0.2) is 0 Å². The summed E-state index contributed by atoms with van der Waals surface area (Å²) in [5.74, 6) is -2.31. The van der Waals surface area contributed by atoms with Gasteiger partial charge in [0.2, 0.25) is 17.7 Å². The molecule has 2 unspecified atom stereocenters. The number of anilines is 1. The third-order valence-electron chi connectivity index (χ3n) is 6.46. The Hall–Kier alpha value is -2.78. The van der Waals surface area contributed by atoms with Crippen molar-refractivity contribution in [3.63, 3.8) is 0 Å². The molecule has 1 aromatic carbocycles. The highest BCUT2D eigenvalue weighted by atomic mass is 16.4. The maximum atomic E-state index is 12.8. The van der Waals surface area contributed by atoms with Crippen molar-refractivity contribution in [3.8, 4) is 0 Å². The van der Waals surface area contributed by atoms with E-state index in [0.717, 1.165) is 5.56 Å². The van der Waals surface area contributed by atoms with E-state index in [2.05, 4.69) is 10.6 Å². The van der Waals surface area contributed by atoms with Crippen molar-refractivity contribution in [3.05, 3.63) is 29.3 Å². The first-order valence-electron chi connectivity index (χ1n) is 10.3. The molecular weight excluding hydrogens is 390 g/mol. The van der Waals surface area contributed by atoms with Crippen LogP contribution in [0.4, 0.5) is 5.69 Å². The number of carboxylic acids is 1. The molecule has 2 atom stereocenters. The zero-order valence-electron chi connectivity index (χ0n) is 16.5. The molecule has 1 aromatic rings. The Morgan fingerprint density at radius 3 is 2.43 bits per heavy atom. The van der Waals surface area contributed by atoms with Gasteiger partial charge in [0.25, 0.3) is 0 Å². The van der Waals surface area contributed by atoms with Crippen LogP contribution in [0.2, 0.25) is 0 Å². The number of carboxylic acid groups (broad SMARTS) is 1. The molecule has 4 N–H and O–H groups in total. The summed E-state index contributed by atoms with van der Waals surface area (Å²) in [6, 6.07) is 4.66. The van der Waals surface area contributed by atoms with Crippen molar-refractivity contribution >= 4 is 29.4 Å². The average Bonchev–Trinajstić information content (AvgIpc) is 3.05. The molecule has 3 amide bonds. The van der Waals surface area contributed by atoms with Crippen LogP contribution < -0.4 is 10.6 Å². The number of nitrogens with zero attached hydrogens (tertiary/aromatic N) is 1. The minimum Gasteiger partial charge on any atom is -0.481 e. The van der Waals surface area contributed by atoms with Gasteiger partial charge in [0.1, 0.15) is 6.23 Å². The van der Waals surface area contributed by atoms with E-state index in [1.807, 2.05) is 0 Å². The molecule has 0 radical (unpaired) electrons. The Labute approximate surface area is 173 Å². The molecule has 2 heterocycles. The van der Waals surface area contributed by atoms with E-state index in [0.29, 0.717) is 43.4 Å². The average molecular weight is 415 g/mol. The molecular formula is C21H25N3O6. The smallest absolute Gasteiger partial charge is 0.306 e. The third-order valence-corrected chi connectivity index (χ3v) is 6.46. The number of aliphatic hydroxyl groups excluding tert-OH is 1. The Morgan fingerprint density at radius 1 is 1.07 bits per heavy atom. The van der Waals surface area contributed by atoms with E-state index >= 15 is 0 Å². The second-order valence-electron chi connectivity index (χ2n) is 8.26. The van der Waals surface area contributed by atoms with Crippen LogP contribution in [-0.2, 0) is 25.7 Å². The summed E-state index contributed by atoms with van der Waals surface area (Å²) in [4.78, 5) is 49.2. The van der Waals surface area contributed by atoms with Gasteiger partial charge in [-0.3, -0.25) is 29.4 Å². The molecule has 9 nitrogen and oxygen atoms in total. The van der Waals surface area contributed by atoms with Crippen molar-refractivity contribution in [1.29, 1.82) is 0 Å². The van der Waals surface area contributed by atoms with Gasteiger partial charge < -0.3 is 15.5 Å².